The van der Waals surface area contributed by atoms with Gasteiger partial charge in [-0.25, -0.2) is 9.97 Å². The Morgan fingerprint density at radius 3 is 2.31 bits per heavy atom. The summed E-state index contributed by atoms with van der Waals surface area (Å²) in [6.45, 7) is 0.0434. The highest BCUT2D eigenvalue weighted by Gasteiger charge is 2.30. The first-order valence-electron chi connectivity index (χ1n) is 10.7. The van der Waals surface area contributed by atoms with E-state index >= 15 is 0 Å². The normalized spacial score (nSPS) is 11.1. The van der Waals surface area contributed by atoms with Crippen molar-refractivity contribution in [1.29, 1.82) is 0 Å². The lowest BCUT2D eigenvalue weighted by atomic mass is 10.1. The van der Waals surface area contributed by atoms with Crippen molar-refractivity contribution < 1.29 is 27.8 Å². The monoisotopic (exact) mass is 495 g/mol. The van der Waals surface area contributed by atoms with Gasteiger partial charge in [0.1, 0.15) is 17.9 Å². The Balaban J connectivity index is 1.49. The van der Waals surface area contributed by atoms with Crippen LogP contribution in [0.3, 0.4) is 0 Å². The van der Waals surface area contributed by atoms with E-state index in [-0.39, 0.29) is 24.8 Å². The standard InChI is InChI=1S/C25H20F3N5O3/c26-25(27,28)36-20-7-5-19(6-8-20)33-23-14-22(31-15-32-23)18-9-10-29-21(13-18)16-1-3-17(4-2-16)24(35)30-11-12-34/h1-10,13-15,34H,11-12H2,(H,30,35)(H,31,32,33). The van der Waals surface area contributed by atoms with Crippen molar-refractivity contribution in [3.8, 4) is 28.3 Å². The molecule has 0 fully saturated rings. The lowest BCUT2D eigenvalue weighted by Crippen LogP contribution is -2.26. The molecule has 0 spiro atoms. The molecule has 2 heterocycles. The van der Waals surface area contributed by atoms with Crippen LogP contribution in [0.15, 0.2) is 79.3 Å². The largest absolute Gasteiger partial charge is 0.573 e. The van der Waals surface area contributed by atoms with Crippen molar-refractivity contribution >= 4 is 17.4 Å². The molecule has 0 atom stereocenters. The third kappa shape index (κ3) is 6.54. The quantitative estimate of drug-likeness (QED) is 0.329. The molecule has 11 heteroatoms. The summed E-state index contributed by atoms with van der Waals surface area (Å²) in [5, 5.41) is 14.5. The average Bonchev–Trinajstić information content (AvgIpc) is 2.88. The molecule has 0 bridgehead atoms. The maximum atomic E-state index is 12.3. The number of nitrogens with zero attached hydrogens (tertiary/aromatic N) is 3. The van der Waals surface area contributed by atoms with Gasteiger partial charge in [0.2, 0.25) is 0 Å². The number of aliphatic hydroxyl groups is 1. The Bertz CT molecular complexity index is 1330. The Morgan fingerprint density at radius 2 is 1.61 bits per heavy atom. The summed E-state index contributed by atoms with van der Waals surface area (Å²) in [6, 6.07) is 17.5. The summed E-state index contributed by atoms with van der Waals surface area (Å²) in [6.07, 6.45) is -1.74. The molecule has 36 heavy (non-hydrogen) atoms. The number of alkyl halides is 3. The van der Waals surface area contributed by atoms with Gasteiger partial charge in [-0.05, 0) is 48.5 Å². The third-order valence-corrected chi connectivity index (χ3v) is 4.92. The number of anilines is 2. The number of aromatic nitrogens is 3. The lowest BCUT2D eigenvalue weighted by Gasteiger charge is -2.11. The number of rotatable bonds is 8. The SMILES string of the molecule is O=C(NCCO)c1ccc(-c2cc(-c3cc(Nc4ccc(OC(F)(F)F)cc4)ncn3)ccn2)cc1. The number of carbonyl (C=O) groups is 1. The number of nitrogens with one attached hydrogen (secondary N) is 2. The van der Waals surface area contributed by atoms with E-state index in [9.17, 15) is 18.0 Å². The van der Waals surface area contributed by atoms with E-state index in [0.717, 1.165) is 11.1 Å². The molecule has 0 saturated carbocycles. The Labute approximate surface area is 203 Å². The van der Waals surface area contributed by atoms with Crippen molar-refractivity contribution in [1.82, 2.24) is 20.3 Å². The summed E-state index contributed by atoms with van der Waals surface area (Å²) in [5.41, 5.74) is 3.82. The van der Waals surface area contributed by atoms with Crippen LogP contribution in [-0.2, 0) is 0 Å². The van der Waals surface area contributed by atoms with Crippen molar-refractivity contribution in [2.75, 3.05) is 18.5 Å². The second-order valence-electron chi connectivity index (χ2n) is 7.47. The molecule has 3 N–H and O–H groups in total. The Morgan fingerprint density at radius 1 is 0.889 bits per heavy atom. The zero-order valence-electron chi connectivity index (χ0n) is 18.7. The molecule has 184 valence electrons. The summed E-state index contributed by atoms with van der Waals surface area (Å²) >= 11 is 0. The highest BCUT2D eigenvalue weighted by Crippen LogP contribution is 2.27. The zero-order chi connectivity index (χ0) is 25.5. The molecule has 4 rings (SSSR count). The summed E-state index contributed by atoms with van der Waals surface area (Å²) in [7, 11) is 0. The number of benzene rings is 2. The predicted octanol–water partition coefficient (Wildman–Crippen LogP) is 4.57. The van der Waals surface area contributed by atoms with Gasteiger partial charge >= 0.3 is 6.36 Å². The molecular weight excluding hydrogens is 475 g/mol. The van der Waals surface area contributed by atoms with Gasteiger partial charge in [-0.3, -0.25) is 9.78 Å². The van der Waals surface area contributed by atoms with Gasteiger partial charge in [-0.2, -0.15) is 0 Å². The highest BCUT2D eigenvalue weighted by atomic mass is 19.4. The zero-order valence-corrected chi connectivity index (χ0v) is 18.7. The number of pyridine rings is 1. The van der Waals surface area contributed by atoms with Gasteiger partial charge in [0.25, 0.3) is 5.91 Å². The van der Waals surface area contributed by atoms with Crippen LogP contribution < -0.4 is 15.4 Å². The number of ether oxygens (including phenoxy) is 1. The topological polar surface area (TPSA) is 109 Å². The lowest BCUT2D eigenvalue weighted by molar-refractivity contribution is -0.274. The number of halogens is 3. The smallest absolute Gasteiger partial charge is 0.406 e. The van der Waals surface area contributed by atoms with Gasteiger partial charge in [0.15, 0.2) is 0 Å². The number of amides is 1. The van der Waals surface area contributed by atoms with E-state index in [1.54, 1.807) is 42.6 Å². The first-order chi connectivity index (χ1) is 17.3. The van der Waals surface area contributed by atoms with Gasteiger partial charge in [-0.1, -0.05) is 12.1 Å². The fourth-order valence-corrected chi connectivity index (χ4v) is 3.28. The van der Waals surface area contributed by atoms with E-state index < -0.39 is 6.36 Å². The Kier molecular flexibility index (Phi) is 7.40. The molecule has 0 aliphatic heterocycles. The fraction of sp³-hybridized carbons (Fsp3) is 0.120. The van der Waals surface area contributed by atoms with Crippen LogP contribution in [0, 0.1) is 0 Å². The number of aliphatic hydroxyl groups excluding tert-OH is 1. The molecule has 1 amide bonds. The van der Waals surface area contributed by atoms with E-state index in [4.69, 9.17) is 5.11 Å². The van der Waals surface area contributed by atoms with Gasteiger partial charge in [0.05, 0.1) is 18.0 Å². The summed E-state index contributed by atoms with van der Waals surface area (Å²) < 4.78 is 40.9. The second-order valence-corrected chi connectivity index (χ2v) is 7.47. The second kappa shape index (κ2) is 10.8. The van der Waals surface area contributed by atoms with Crippen molar-refractivity contribution in [3.63, 3.8) is 0 Å². The molecule has 0 saturated heterocycles. The van der Waals surface area contributed by atoms with Crippen LogP contribution in [0.25, 0.3) is 22.5 Å². The molecule has 0 aliphatic carbocycles. The minimum absolute atomic E-state index is 0.135. The van der Waals surface area contributed by atoms with Crippen LogP contribution in [0.1, 0.15) is 10.4 Å². The van der Waals surface area contributed by atoms with Gasteiger partial charge < -0.3 is 20.5 Å². The molecule has 2 aromatic heterocycles. The molecule has 8 nitrogen and oxygen atoms in total. The third-order valence-electron chi connectivity index (χ3n) is 4.92. The Hall–Kier alpha value is -4.51. The van der Waals surface area contributed by atoms with Gasteiger partial charge in [-0.15, -0.1) is 13.2 Å². The minimum atomic E-state index is -4.75. The van der Waals surface area contributed by atoms with Crippen LogP contribution in [-0.4, -0.2) is 45.5 Å². The van der Waals surface area contributed by atoms with Gasteiger partial charge in [0, 0.05) is 41.2 Å². The number of carbonyl (C=O) groups excluding carboxylic acids is 1. The number of hydrogen-bond donors (Lipinski definition) is 3. The van der Waals surface area contributed by atoms with E-state index in [2.05, 4.69) is 30.3 Å². The maximum Gasteiger partial charge on any atom is 0.573 e. The van der Waals surface area contributed by atoms with Crippen molar-refractivity contribution in [3.05, 3.63) is 84.8 Å². The van der Waals surface area contributed by atoms with Crippen LogP contribution in [0.2, 0.25) is 0 Å². The van der Waals surface area contributed by atoms with Crippen molar-refractivity contribution in [2.24, 2.45) is 0 Å². The molecule has 2 aromatic carbocycles. The minimum Gasteiger partial charge on any atom is -0.406 e. The van der Waals surface area contributed by atoms with E-state index in [0.29, 0.717) is 28.5 Å². The average molecular weight is 495 g/mol. The molecule has 0 aliphatic rings. The molecule has 4 aromatic rings. The number of hydrogen-bond acceptors (Lipinski definition) is 7. The van der Waals surface area contributed by atoms with Crippen LogP contribution in [0.5, 0.6) is 5.75 Å². The maximum absolute atomic E-state index is 12.3. The molecular formula is C25H20F3N5O3. The van der Waals surface area contributed by atoms with E-state index in [1.807, 2.05) is 6.07 Å². The highest BCUT2D eigenvalue weighted by molar-refractivity contribution is 5.94. The molecule has 0 radical (unpaired) electrons. The van der Waals surface area contributed by atoms with E-state index in [1.165, 1.54) is 30.6 Å². The summed E-state index contributed by atoms with van der Waals surface area (Å²) in [4.78, 5) is 24.9. The predicted molar refractivity (Wildman–Crippen MR) is 127 cm³/mol. The first-order valence-corrected chi connectivity index (χ1v) is 10.7. The van der Waals surface area contributed by atoms with Crippen LogP contribution >= 0.6 is 0 Å². The van der Waals surface area contributed by atoms with Crippen molar-refractivity contribution in [2.45, 2.75) is 6.36 Å². The molecule has 0 unspecified atom stereocenters. The summed E-state index contributed by atoms with van der Waals surface area (Å²) in [5.74, 6) is -0.151. The van der Waals surface area contributed by atoms with Crippen LogP contribution in [0.4, 0.5) is 24.7 Å². The fourth-order valence-electron chi connectivity index (χ4n) is 3.28. The first kappa shape index (κ1) is 24.6.